The van der Waals surface area contributed by atoms with Crippen molar-refractivity contribution >= 4 is 11.7 Å². The lowest BCUT2D eigenvalue weighted by molar-refractivity contribution is 0.0963. The molecule has 1 aromatic heterocycles. The second kappa shape index (κ2) is 4.22. The number of rotatable bonds is 1. The van der Waals surface area contributed by atoms with Gasteiger partial charge in [-0.1, -0.05) is 30.3 Å². The Hall–Kier alpha value is -2.23. The van der Waals surface area contributed by atoms with E-state index in [4.69, 9.17) is 5.73 Å². The van der Waals surface area contributed by atoms with Crippen LogP contribution in [0.25, 0.3) is 0 Å². The highest BCUT2D eigenvalue weighted by Crippen LogP contribution is 2.31. The van der Waals surface area contributed by atoms with Gasteiger partial charge in [-0.2, -0.15) is 0 Å². The second-order valence-electron chi connectivity index (χ2n) is 4.53. The zero-order valence-corrected chi connectivity index (χ0v) is 9.84. The van der Waals surface area contributed by atoms with Crippen molar-refractivity contribution in [3.05, 3.63) is 53.3 Å². The Morgan fingerprint density at radius 1 is 1.17 bits per heavy atom. The van der Waals surface area contributed by atoms with Crippen LogP contribution in [0.5, 0.6) is 0 Å². The fourth-order valence-corrected chi connectivity index (χ4v) is 2.42. The van der Waals surface area contributed by atoms with Gasteiger partial charge in [0.25, 0.3) is 0 Å². The lowest BCUT2D eigenvalue weighted by Gasteiger charge is -2.22. The van der Waals surface area contributed by atoms with Crippen LogP contribution in [0, 0.1) is 0 Å². The van der Waals surface area contributed by atoms with E-state index in [0.29, 0.717) is 12.0 Å². The quantitative estimate of drug-likeness (QED) is 0.826. The van der Waals surface area contributed by atoms with E-state index in [0.717, 1.165) is 12.1 Å². The largest absolute Gasteiger partial charge is 0.368 e. The summed E-state index contributed by atoms with van der Waals surface area (Å²) in [6, 6.07) is 10.1. The zero-order chi connectivity index (χ0) is 12.5. The van der Waals surface area contributed by atoms with E-state index >= 15 is 0 Å². The van der Waals surface area contributed by atoms with Crippen LogP contribution in [0.4, 0.5) is 5.95 Å². The maximum absolute atomic E-state index is 12.1. The third kappa shape index (κ3) is 1.86. The monoisotopic (exact) mass is 239 g/mol. The zero-order valence-electron chi connectivity index (χ0n) is 9.84. The van der Waals surface area contributed by atoms with Crippen LogP contribution in [-0.4, -0.2) is 15.8 Å². The molecule has 4 nitrogen and oxygen atoms in total. The number of carbonyl (C=O) groups is 1. The minimum absolute atomic E-state index is 0.102. The van der Waals surface area contributed by atoms with E-state index in [-0.39, 0.29) is 17.6 Å². The van der Waals surface area contributed by atoms with Crippen molar-refractivity contribution in [3.63, 3.8) is 0 Å². The molecule has 1 atom stereocenters. The predicted molar refractivity (Wildman–Crippen MR) is 68.3 cm³/mol. The Morgan fingerprint density at radius 3 is 2.72 bits per heavy atom. The van der Waals surface area contributed by atoms with Crippen molar-refractivity contribution in [2.45, 2.75) is 18.8 Å². The molecule has 0 bridgehead atoms. The fraction of sp³-hybridized carbons (Fsp3) is 0.214. The molecule has 1 heterocycles. The molecule has 0 aliphatic heterocycles. The first-order chi connectivity index (χ1) is 8.74. The van der Waals surface area contributed by atoms with Crippen molar-refractivity contribution in [1.29, 1.82) is 0 Å². The molecule has 2 aromatic rings. The molecule has 1 aliphatic rings. The molecule has 0 fully saturated rings. The van der Waals surface area contributed by atoms with E-state index in [2.05, 4.69) is 9.97 Å². The molecule has 0 unspecified atom stereocenters. The molecule has 90 valence electrons. The number of fused-ring (bicyclic) bond motifs is 1. The smallest absolute Gasteiger partial charge is 0.220 e. The third-order valence-electron chi connectivity index (χ3n) is 3.33. The van der Waals surface area contributed by atoms with Crippen LogP contribution in [0.1, 0.15) is 34.0 Å². The molecule has 4 heteroatoms. The van der Waals surface area contributed by atoms with Gasteiger partial charge >= 0.3 is 0 Å². The highest BCUT2D eigenvalue weighted by molar-refractivity contribution is 5.98. The molecule has 18 heavy (non-hydrogen) atoms. The van der Waals surface area contributed by atoms with Gasteiger partial charge in [0.1, 0.15) is 0 Å². The molecule has 0 saturated heterocycles. The average molecular weight is 239 g/mol. The first-order valence-electron chi connectivity index (χ1n) is 5.93. The lowest BCUT2D eigenvalue weighted by Crippen LogP contribution is -2.21. The molecule has 1 aromatic carbocycles. The van der Waals surface area contributed by atoms with Crippen molar-refractivity contribution in [3.8, 4) is 0 Å². The first-order valence-corrected chi connectivity index (χ1v) is 5.93. The molecule has 0 saturated carbocycles. The summed E-state index contributed by atoms with van der Waals surface area (Å²) in [5.74, 6) is 0.529. The van der Waals surface area contributed by atoms with Crippen molar-refractivity contribution in [2.24, 2.45) is 0 Å². The Balaban J connectivity index is 1.98. The summed E-state index contributed by atoms with van der Waals surface area (Å²) in [5, 5.41) is 0. The topological polar surface area (TPSA) is 68.9 Å². The summed E-state index contributed by atoms with van der Waals surface area (Å²) in [5.41, 5.74) is 8.15. The number of nitrogens with zero attached hydrogens (tertiary/aromatic N) is 2. The van der Waals surface area contributed by atoms with Gasteiger partial charge in [-0.25, -0.2) is 9.97 Å². The van der Waals surface area contributed by atoms with Crippen LogP contribution < -0.4 is 5.73 Å². The number of nitrogen functional groups attached to an aromatic ring is 1. The van der Waals surface area contributed by atoms with Gasteiger partial charge in [-0.05, 0) is 17.9 Å². The number of benzene rings is 1. The van der Waals surface area contributed by atoms with Gasteiger partial charge in [0.15, 0.2) is 5.78 Å². The molecule has 0 radical (unpaired) electrons. The average Bonchev–Trinajstić information content (AvgIpc) is 2.39. The number of aromatic nitrogens is 2. The maximum atomic E-state index is 12.1. The number of Topliss-reactive ketones (excluding diaryl/α,β-unsaturated/α-hetero) is 1. The Morgan fingerprint density at radius 2 is 1.94 bits per heavy atom. The van der Waals surface area contributed by atoms with Gasteiger partial charge in [0.2, 0.25) is 5.95 Å². The van der Waals surface area contributed by atoms with Crippen LogP contribution in [0.15, 0.2) is 36.5 Å². The van der Waals surface area contributed by atoms with Crippen molar-refractivity contribution < 1.29 is 4.79 Å². The summed E-state index contributed by atoms with van der Waals surface area (Å²) in [7, 11) is 0. The minimum Gasteiger partial charge on any atom is -0.368 e. The van der Waals surface area contributed by atoms with E-state index < -0.39 is 0 Å². The standard InChI is InChI=1S/C14H13N3O/c15-14-16-8-11-12(17-14)6-10(7-13(11)18)9-4-2-1-3-5-9/h1-5,8,10H,6-7H2,(H2,15,16,17)/t10-/m0/s1. The normalized spacial score (nSPS) is 18.4. The van der Waals surface area contributed by atoms with E-state index in [9.17, 15) is 4.79 Å². The van der Waals surface area contributed by atoms with Crippen LogP contribution in [0.2, 0.25) is 0 Å². The summed E-state index contributed by atoms with van der Waals surface area (Å²) in [6.45, 7) is 0. The predicted octanol–water partition coefficient (Wildman–Crippen LogP) is 1.97. The molecule has 3 rings (SSSR count). The van der Waals surface area contributed by atoms with Gasteiger partial charge in [-0.3, -0.25) is 4.79 Å². The van der Waals surface area contributed by atoms with Gasteiger partial charge in [-0.15, -0.1) is 0 Å². The highest BCUT2D eigenvalue weighted by atomic mass is 16.1. The van der Waals surface area contributed by atoms with Crippen molar-refractivity contribution in [1.82, 2.24) is 9.97 Å². The van der Waals surface area contributed by atoms with Gasteiger partial charge < -0.3 is 5.73 Å². The van der Waals surface area contributed by atoms with E-state index in [1.807, 2.05) is 30.3 Å². The van der Waals surface area contributed by atoms with E-state index in [1.54, 1.807) is 6.20 Å². The SMILES string of the molecule is Nc1ncc2c(n1)C[C@H](c1ccccc1)CC2=O. The maximum Gasteiger partial charge on any atom is 0.220 e. The Bertz CT molecular complexity index is 595. The summed E-state index contributed by atoms with van der Waals surface area (Å²) < 4.78 is 0. The third-order valence-corrected chi connectivity index (χ3v) is 3.33. The lowest BCUT2D eigenvalue weighted by atomic mass is 9.82. The molecule has 2 N–H and O–H groups in total. The molecule has 0 amide bonds. The van der Waals surface area contributed by atoms with E-state index in [1.165, 1.54) is 5.56 Å². The second-order valence-corrected chi connectivity index (χ2v) is 4.53. The number of carbonyl (C=O) groups excluding carboxylic acids is 1. The van der Waals surface area contributed by atoms with Crippen molar-refractivity contribution in [2.75, 3.05) is 5.73 Å². The van der Waals surface area contributed by atoms with Crippen LogP contribution in [0.3, 0.4) is 0 Å². The first kappa shape index (κ1) is 10.9. The summed E-state index contributed by atoms with van der Waals surface area (Å²) in [4.78, 5) is 20.1. The number of anilines is 1. The summed E-state index contributed by atoms with van der Waals surface area (Å²) in [6.07, 6.45) is 2.81. The van der Waals surface area contributed by atoms with Gasteiger partial charge in [0.05, 0.1) is 11.3 Å². The fourth-order valence-electron chi connectivity index (χ4n) is 2.42. The minimum atomic E-state index is 0.102. The summed E-state index contributed by atoms with van der Waals surface area (Å²) >= 11 is 0. The van der Waals surface area contributed by atoms with Crippen LogP contribution in [-0.2, 0) is 6.42 Å². The molecular formula is C14H13N3O. The Labute approximate surface area is 105 Å². The molecule has 1 aliphatic carbocycles. The number of ketones is 1. The highest BCUT2D eigenvalue weighted by Gasteiger charge is 2.27. The number of hydrogen-bond donors (Lipinski definition) is 1. The number of nitrogens with two attached hydrogens (primary N) is 1. The molecular weight excluding hydrogens is 226 g/mol. The van der Waals surface area contributed by atoms with Crippen LogP contribution >= 0.6 is 0 Å². The number of hydrogen-bond acceptors (Lipinski definition) is 4. The van der Waals surface area contributed by atoms with Gasteiger partial charge in [0, 0.05) is 12.6 Å². The molecule has 0 spiro atoms. The Kier molecular flexibility index (Phi) is 2.55.